The van der Waals surface area contributed by atoms with Crippen LogP contribution in [0.25, 0.3) is 0 Å². The average Bonchev–Trinajstić information content (AvgIpc) is 4.19. The molecule has 4 fully saturated rings. The summed E-state index contributed by atoms with van der Waals surface area (Å²) in [5.41, 5.74) is 2.89. The molecule has 0 aromatic heterocycles. The number of carboxylic acid groups (broad SMARTS) is 1. The molecule has 3 aromatic carbocycles. The molecule has 9 rings (SSSR count). The van der Waals surface area contributed by atoms with E-state index in [1.165, 1.54) is 36.4 Å². The fourth-order valence-electron chi connectivity index (χ4n) is 10.6. The van der Waals surface area contributed by atoms with E-state index in [4.69, 9.17) is 9.84 Å². The predicted molar refractivity (Wildman–Crippen MR) is 227 cm³/mol. The largest absolute Gasteiger partial charge is 0.573 e. The lowest BCUT2D eigenvalue weighted by Gasteiger charge is -2.48. The SMILES string of the molecule is CCOC(=O)CCC(=O)N(C1CC1)[C@H]1c2cc(F)ccc2N[C@H]2CCC[C@H]21.O=C(O)CCC(=O)N(C1CC1)[C@H]1c2cc(F)ccc2N(C(=O)c2ccc(OC(F)(F)F)cc2)[C@H]2CCC[C@H]21. The number of aliphatic carboxylic acids is 1. The topological polar surface area (TPSA) is 146 Å². The van der Waals surface area contributed by atoms with Gasteiger partial charge in [0.25, 0.3) is 5.91 Å². The van der Waals surface area contributed by atoms with Gasteiger partial charge in [0.15, 0.2) is 0 Å². The summed E-state index contributed by atoms with van der Waals surface area (Å²) in [7, 11) is 0. The minimum Gasteiger partial charge on any atom is -0.481 e. The van der Waals surface area contributed by atoms with Crippen LogP contribution in [0.3, 0.4) is 0 Å². The number of halogens is 5. The van der Waals surface area contributed by atoms with Crippen molar-refractivity contribution < 1.29 is 60.5 Å². The maximum absolute atomic E-state index is 14.6. The first-order valence-corrected chi connectivity index (χ1v) is 22.7. The molecule has 4 saturated carbocycles. The highest BCUT2D eigenvalue weighted by Gasteiger charge is 2.52. The molecule has 12 nitrogen and oxygen atoms in total. The fourth-order valence-corrected chi connectivity index (χ4v) is 10.6. The van der Waals surface area contributed by atoms with Crippen molar-refractivity contribution >= 4 is 41.0 Å². The Labute approximate surface area is 373 Å². The Morgan fingerprint density at radius 2 is 1.31 bits per heavy atom. The third-order valence-electron chi connectivity index (χ3n) is 13.5. The van der Waals surface area contributed by atoms with Crippen molar-refractivity contribution in [1.82, 2.24) is 9.80 Å². The van der Waals surface area contributed by atoms with Crippen LogP contribution < -0.4 is 15.0 Å². The number of carboxylic acids is 1. The Hall–Kier alpha value is -5.74. The van der Waals surface area contributed by atoms with Gasteiger partial charge in [-0.05, 0) is 119 Å². The fraction of sp³-hybridized carbons (Fsp3) is 0.521. The van der Waals surface area contributed by atoms with E-state index in [1.807, 2.05) is 4.90 Å². The summed E-state index contributed by atoms with van der Waals surface area (Å²) in [6.07, 6.45) is 3.75. The normalized spacial score (nSPS) is 23.9. The van der Waals surface area contributed by atoms with Crippen molar-refractivity contribution in [2.24, 2.45) is 11.8 Å². The summed E-state index contributed by atoms with van der Waals surface area (Å²) in [5, 5.41) is 12.7. The highest BCUT2D eigenvalue weighted by Crippen LogP contribution is 2.54. The first-order valence-electron chi connectivity index (χ1n) is 22.7. The Morgan fingerprint density at radius 3 is 1.92 bits per heavy atom. The smallest absolute Gasteiger partial charge is 0.481 e. The van der Waals surface area contributed by atoms with Crippen molar-refractivity contribution in [2.45, 2.75) is 139 Å². The van der Waals surface area contributed by atoms with Gasteiger partial charge in [0, 0.05) is 76.9 Å². The van der Waals surface area contributed by atoms with Crippen LogP contribution in [-0.4, -0.2) is 81.7 Å². The molecular weight excluding hydrogens is 856 g/mol. The van der Waals surface area contributed by atoms with E-state index in [1.54, 1.807) is 28.9 Å². The highest BCUT2D eigenvalue weighted by molar-refractivity contribution is 6.07. The zero-order valence-corrected chi connectivity index (χ0v) is 36.0. The molecule has 3 amide bonds. The lowest BCUT2D eigenvalue weighted by molar-refractivity contribution is -0.274. The molecule has 65 heavy (non-hydrogen) atoms. The monoisotopic (exact) mass is 908 g/mol. The summed E-state index contributed by atoms with van der Waals surface area (Å²) < 4.78 is 75.2. The summed E-state index contributed by atoms with van der Waals surface area (Å²) in [6, 6.07) is 13.1. The van der Waals surface area contributed by atoms with E-state index in [2.05, 4.69) is 10.1 Å². The van der Waals surface area contributed by atoms with Crippen molar-refractivity contribution in [3.63, 3.8) is 0 Å². The maximum Gasteiger partial charge on any atom is 0.573 e. The summed E-state index contributed by atoms with van der Waals surface area (Å²) >= 11 is 0. The molecule has 0 saturated heterocycles. The zero-order valence-electron chi connectivity index (χ0n) is 36.0. The van der Waals surface area contributed by atoms with Gasteiger partial charge in [-0.2, -0.15) is 0 Å². The standard InChI is InChI=1S/C27H26F4N2O5.C21H27FN2O3/c28-16-6-11-22-20(14-16)25(32(17-7-8-17)23(34)12-13-24(35)36)19-2-1-3-21(19)33(22)26(37)15-4-9-18(10-5-15)38-27(29,30)31;1-2-27-20(26)11-10-19(25)24(14-7-8-14)21-15-4-3-5-17(15)23-18-9-6-13(22)12-16(18)21/h4-6,9-11,14,17,19,21,25H,1-3,7-8,12-13H2,(H,35,36);6,9,12,14-15,17,21,23H,2-5,7-8,10-11H2,1H3/t19-,21+,25-;15-,17+,21-/m11/s1. The molecule has 3 aromatic rings. The Morgan fingerprint density at radius 1 is 0.723 bits per heavy atom. The molecule has 4 aliphatic carbocycles. The second-order valence-electron chi connectivity index (χ2n) is 17.8. The van der Waals surface area contributed by atoms with Crippen LogP contribution >= 0.6 is 0 Å². The zero-order chi connectivity index (χ0) is 46.2. The van der Waals surface area contributed by atoms with Crippen molar-refractivity contribution in [3.05, 3.63) is 89.0 Å². The second kappa shape index (κ2) is 19.0. The number of fused-ring (bicyclic) bond motifs is 4. The number of carbonyl (C=O) groups is 5. The number of anilines is 2. The lowest BCUT2D eigenvalue weighted by Crippen LogP contribution is -2.53. The van der Waals surface area contributed by atoms with Crippen LogP contribution in [0.4, 0.5) is 33.3 Å². The van der Waals surface area contributed by atoms with Gasteiger partial charge in [-0.15, -0.1) is 13.2 Å². The quantitative estimate of drug-likeness (QED) is 0.127. The van der Waals surface area contributed by atoms with Gasteiger partial charge < -0.3 is 34.6 Å². The van der Waals surface area contributed by atoms with Crippen molar-refractivity contribution in [2.75, 3.05) is 16.8 Å². The number of nitrogens with one attached hydrogen (secondary N) is 1. The molecule has 0 spiro atoms. The number of amides is 3. The number of benzene rings is 3. The molecular formula is C48H53F5N4O8. The van der Waals surface area contributed by atoms with Gasteiger partial charge in [-0.1, -0.05) is 12.8 Å². The average molecular weight is 909 g/mol. The van der Waals surface area contributed by atoms with E-state index in [0.29, 0.717) is 42.7 Å². The Kier molecular flexibility index (Phi) is 13.4. The maximum atomic E-state index is 14.6. The third-order valence-corrected chi connectivity index (χ3v) is 13.5. The number of alkyl halides is 3. The number of carbonyl (C=O) groups excluding carboxylic acids is 4. The molecule has 6 aliphatic rings. The van der Waals surface area contributed by atoms with Crippen LogP contribution in [0, 0.1) is 23.5 Å². The molecule has 2 aliphatic heterocycles. The Bertz CT molecular complexity index is 2290. The number of ether oxygens (including phenoxy) is 2. The first-order chi connectivity index (χ1) is 31.1. The van der Waals surface area contributed by atoms with Crippen LogP contribution in [-0.2, 0) is 23.9 Å². The number of hydrogen-bond donors (Lipinski definition) is 2. The minimum absolute atomic E-state index is 0.0154. The molecule has 348 valence electrons. The van der Waals surface area contributed by atoms with Gasteiger partial charge in [0.2, 0.25) is 11.8 Å². The number of hydrogen-bond acceptors (Lipinski definition) is 8. The lowest BCUT2D eigenvalue weighted by atomic mass is 9.81. The number of esters is 1. The van der Waals surface area contributed by atoms with Gasteiger partial charge in [-0.3, -0.25) is 24.0 Å². The molecule has 2 N–H and O–H groups in total. The van der Waals surface area contributed by atoms with Crippen LogP contribution in [0.1, 0.15) is 130 Å². The Balaban J connectivity index is 0.000000188. The highest BCUT2D eigenvalue weighted by atomic mass is 19.4. The summed E-state index contributed by atoms with van der Waals surface area (Å²) in [6.45, 7) is 2.08. The van der Waals surface area contributed by atoms with E-state index in [-0.39, 0.29) is 84.9 Å². The van der Waals surface area contributed by atoms with Gasteiger partial charge in [0.05, 0.1) is 31.5 Å². The van der Waals surface area contributed by atoms with Gasteiger partial charge in [-0.25, -0.2) is 8.78 Å². The molecule has 0 radical (unpaired) electrons. The molecule has 17 heteroatoms. The summed E-state index contributed by atoms with van der Waals surface area (Å²) in [4.78, 5) is 68.2. The molecule has 6 atom stereocenters. The van der Waals surface area contributed by atoms with Crippen LogP contribution in [0.2, 0.25) is 0 Å². The van der Waals surface area contributed by atoms with E-state index < -0.39 is 35.8 Å². The molecule has 0 bridgehead atoms. The minimum atomic E-state index is -4.86. The second-order valence-corrected chi connectivity index (χ2v) is 17.8. The van der Waals surface area contributed by atoms with E-state index in [9.17, 15) is 45.9 Å². The van der Waals surface area contributed by atoms with Crippen LogP contribution in [0.5, 0.6) is 5.75 Å². The number of nitrogens with zero attached hydrogens (tertiary/aromatic N) is 3. The van der Waals surface area contributed by atoms with E-state index >= 15 is 0 Å². The van der Waals surface area contributed by atoms with Crippen LogP contribution in [0.15, 0.2) is 60.7 Å². The number of rotatable bonds is 13. The van der Waals surface area contributed by atoms with Crippen molar-refractivity contribution in [3.8, 4) is 5.75 Å². The molecule has 2 heterocycles. The van der Waals surface area contributed by atoms with Gasteiger partial charge in [0.1, 0.15) is 17.4 Å². The summed E-state index contributed by atoms with van der Waals surface area (Å²) in [5.74, 6) is -3.33. The van der Waals surface area contributed by atoms with E-state index in [0.717, 1.165) is 74.8 Å². The van der Waals surface area contributed by atoms with Crippen molar-refractivity contribution in [1.29, 1.82) is 0 Å². The van der Waals surface area contributed by atoms with Gasteiger partial charge >= 0.3 is 18.3 Å². The third kappa shape index (κ3) is 10.2. The molecule has 0 unspecified atom stereocenters. The first kappa shape index (κ1) is 45.8. The predicted octanol–water partition coefficient (Wildman–Crippen LogP) is 9.25.